The molecule has 2 heterocycles. The maximum absolute atomic E-state index is 12.2. The van der Waals surface area contributed by atoms with E-state index in [0.717, 1.165) is 40.7 Å². The molecule has 1 saturated carbocycles. The third kappa shape index (κ3) is 4.67. The van der Waals surface area contributed by atoms with Gasteiger partial charge in [-0.1, -0.05) is 17.7 Å². The molecule has 182 valence electrons. The lowest BCUT2D eigenvalue weighted by molar-refractivity contribution is -0.124. The Bertz CT molecular complexity index is 1390. The van der Waals surface area contributed by atoms with Crippen molar-refractivity contribution in [3.05, 3.63) is 52.9 Å². The summed E-state index contributed by atoms with van der Waals surface area (Å²) < 4.78 is 12.9. The Morgan fingerprint density at radius 1 is 1.29 bits per heavy atom. The summed E-state index contributed by atoms with van der Waals surface area (Å²) in [4.78, 5) is 16.9. The summed E-state index contributed by atoms with van der Waals surface area (Å²) in [5.74, 6) is 1.88. The van der Waals surface area contributed by atoms with Gasteiger partial charge in [0, 0.05) is 24.4 Å². The number of aliphatic hydroxyl groups excluding tert-OH is 1. The number of hydrogen-bond acceptors (Lipinski definition) is 7. The molecule has 0 atom stereocenters. The van der Waals surface area contributed by atoms with Crippen LogP contribution in [0.15, 0.2) is 36.5 Å². The monoisotopic (exact) mass is 496 g/mol. The fourth-order valence-electron chi connectivity index (χ4n) is 3.90. The summed E-state index contributed by atoms with van der Waals surface area (Å²) in [5.41, 5.74) is 2.07. The van der Waals surface area contributed by atoms with Gasteiger partial charge in [0.25, 0.3) is 5.91 Å². The van der Waals surface area contributed by atoms with Crippen molar-refractivity contribution in [2.45, 2.75) is 24.8 Å². The molecule has 0 aliphatic heterocycles. The van der Waals surface area contributed by atoms with Crippen LogP contribution in [0.3, 0.4) is 0 Å². The van der Waals surface area contributed by atoms with E-state index in [2.05, 4.69) is 20.6 Å². The number of carbonyl (C=O) groups is 1. The number of benzene rings is 2. The zero-order chi connectivity index (χ0) is 24.6. The number of aromatic amines is 1. The van der Waals surface area contributed by atoms with E-state index in [9.17, 15) is 9.90 Å². The normalized spacial score (nSPS) is 14.2. The second kappa shape index (κ2) is 9.20. The molecule has 3 N–H and O–H groups in total. The maximum atomic E-state index is 12.2. The highest BCUT2D eigenvalue weighted by atomic mass is 35.5. The van der Waals surface area contributed by atoms with Crippen LogP contribution in [-0.2, 0) is 18.3 Å². The molecule has 0 saturated heterocycles. The van der Waals surface area contributed by atoms with Crippen LogP contribution >= 0.6 is 11.6 Å². The summed E-state index contributed by atoms with van der Waals surface area (Å²) in [7, 11) is 3.37. The van der Waals surface area contributed by atoms with Crippen molar-refractivity contribution in [2.75, 3.05) is 20.3 Å². The predicted molar refractivity (Wildman–Crippen MR) is 130 cm³/mol. The third-order valence-corrected chi connectivity index (χ3v) is 6.63. The van der Waals surface area contributed by atoms with Crippen molar-refractivity contribution in [1.82, 2.24) is 30.3 Å². The van der Waals surface area contributed by atoms with Gasteiger partial charge in [-0.25, -0.2) is 4.98 Å². The molecule has 2 aromatic heterocycles. The van der Waals surface area contributed by atoms with E-state index in [1.54, 1.807) is 23.0 Å². The zero-order valence-electron chi connectivity index (χ0n) is 19.3. The number of halogens is 1. The first kappa shape index (κ1) is 23.1. The van der Waals surface area contributed by atoms with Crippen LogP contribution in [-0.4, -0.2) is 61.8 Å². The second-order valence-corrected chi connectivity index (χ2v) is 9.04. The molecular formula is C24H25ClN6O4. The van der Waals surface area contributed by atoms with Crippen LogP contribution in [0, 0.1) is 0 Å². The molecule has 1 fully saturated rings. The van der Waals surface area contributed by atoms with Crippen molar-refractivity contribution >= 4 is 28.4 Å². The van der Waals surface area contributed by atoms with E-state index < -0.39 is 5.54 Å². The van der Waals surface area contributed by atoms with Gasteiger partial charge in [0.05, 0.1) is 36.0 Å². The molecule has 0 radical (unpaired) electrons. The molecule has 10 nitrogen and oxygen atoms in total. The Kier molecular flexibility index (Phi) is 6.08. The first-order valence-corrected chi connectivity index (χ1v) is 11.5. The van der Waals surface area contributed by atoms with Gasteiger partial charge in [-0.05, 0) is 42.7 Å². The smallest absolute Gasteiger partial charge is 0.258 e. The minimum Gasteiger partial charge on any atom is -0.493 e. The van der Waals surface area contributed by atoms with Crippen molar-refractivity contribution in [3.8, 4) is 22.9 Å². The lowest BCUT2D eigenvalue weighted by Crippen LogP contribution is -2.42. The van der Waals surface area contributed by atoms with Gasteiger partial charge >= 0.3 is 0 Å². The Labute approximate surface area is 206 Å². The number of methoxy groups -OCH3 is 1. The average molecular weight is 497 g/mol. The Morgan fingerprint density at radius 3 is 2.86 bits per heavy atom. The van der Waals surface area contributed by atoms with Crippen LogP contribution in [0.25, 0.3) is 22.3 Å². The molecule has 11 heteroatoms. The molecule has 0 spiro atoms. The van der Waals surface area contributed by atoms with Gasteiger partial charge in [0.2, 0.25) is 0 Å². The number of aliphatic hydroxyl groups is 1. The molecular weight excluding hydrogens is 472 g/mol. The first-order valence-electron chi connectivity index (χ1n) is 11.1. The van der Waals surface area contributed by atoms with E-state index >= 15 is 0 Å². The standard InChI is InChI=1S/C24H25ClN6O4/c1-31-20(10-14-3-5-17-16(22(14)25)11-26-29-17)27-23(30-31)15-4-6-18(19(9-15)34-2)35-12-21(33)28-24(13-32)7-8-24/h3-6,9,11,32H,7-8,10,12-13H2,1-2H3,(H,26,29)(H,28,33). The number of nitrogens with zero attached hydrogens (tertiary/aromatic N) is 4. The van der Waals surface area contributed by atoms with Crippen molar-refractivity contribution < 1.29 is 19.4 Å². The van der Waals surface area contributed by atoms with E-state index in [1.807, 2.05) is 25.2 Å². The average Bonchev–Trinajstić information content (AvgIpc) is 3.28. The summed E-state index contributed by atoms with van der Waals surface area (Å²) in [6.45, 7) is -0.245. The Balaban J connectivity index is 1.31. The fraction of sp³-hybridized carbons (Fsp3) is 0.333. The highest BCUT2D eigenvalue weighted by molar-refractivity contribution is 6.36. The number of aromatic nitrogens is 5. The van der Waals surface area contributed by atoms with Crippen LogP contribution < -0.4 is 14.8 Å². The Morgan fingerprint density at radius 2 is 2.11 bits per heavy atom. The third-order valence-electron chi connectivity index (χ3n) is 6.18. The van der Waals surface area contributed by atoms with Crippen LogP contribution in [0.5, 0.6) is 11.5 Å². The minimum absolute atomic E-state index is 0.0695. The topological polar surface area (TPSA) is 127 Å². The highest BCUT2D eigenvalue weighted by Gasteiger charge is 2.43. The number of amides is 1. The maximum Gasteiger partial charge on any atom is 0.258 e. The summed E-state index contributed by atoms with van der Waals surface area (Å²) in [5, 5.41) is 25.2. The molecule has 35 heavy (non-hydrogen) atoms. The van der Waals surface area contributed by atoms with Crippen LogP contribution in [0.4, 0.5) is 0 Å². The number of hydrogen-bond donors (Lipinski definition) is 3. The van der Waals surface area contributed by atoms with Gasteiger partial charge < -0.3 is 19.9 Å². The molecule has 0 unspecified atom stereocenters. The van der Waals surface area contributed by atoms with Gasteiger partial charge in [-0.3, -0.25) is 14.6 Å². The lowest BCUT2D eigenvalue weighted by atomic mass is 10.1. The summed E-state index contributed by atoms with van der Waals surface area (Å²) >= 11 is 6.58. The molecule has 1 aliphatic rings. The van der Waals surface area contributed by atoms with Crippen molar-refractivity contribution in [3.63, 3.8) is 0 Å². The quantitative estimate of drug-likeness (QED) is 0.325. The summed E-state index contributed by atoms with van der Waals surface area (Å²) in [6.07, 6.45) is 3.76. The fourth-order valence-corrected chi connectivity index (χ4v) is 4.18. The van der Waals surface area contributed by atoms with E-state index in [1.165, 1.54) is 7.11 Å². The number of aryl methyl sites for hydroxylation is 1. The molecule has 4 aromatic rings. The molecule has 5 rings (SSSR count). The molecule has 1 amide bonds. The molecule has 2 aromatic carbocycles. The SMILES string of the molecule is COc1cc(-c2nc(Cc3ccc4[nH]ncc4c3Cl)n(C)n2)ccc1OCC(=O)NC1(CO)CC1. The van der Waals surface area contributed by atoms with Gasteiger partial charge in [0.1, 0.15) is 5.82 Å². The first-order chi connectivity index (χ1) is 16.9. The number of ether oxygens (including phenoxy) is 2. The second-order valence-electron chi connectivity index (χ2n) is 8.66. The summed E-state index contributed by atoms with van der Waals surface area (Å²) in [6, 6.07) is 9.20. The molecule has 0 bridgehead atoms. The Hall–Kier alpha value is -3.63. The van der Waals surface area contributed by atoms with E-state index in [0.29, 0.717) is 28.8 Å². The van der Waals surface area contributed by atoms with E-state index in [-0.39, 0.29) is 19.1 Å². The zero-order valence-corrected chi connectivity index (χ0v) is 20.1. The number of nitrogens with one attached hydrogen (secondary N) is 2. The van der Waals surface area contributed by atoms with Gasteiger partial charge in [0.15, 0.2) is 23.9 Å². The lowest BCUT2D eigenvalue weighted by Gasteiger charge is -2.15. The highest BCUT2D eigenvalue weighted by Crippen LogP contribution is 2.35. The predicted octanol–water partition coefficient (Wildman–Crippen LogP) is 2.63. The number of carbonyl (C=O) groups excluding carboxylic acids is 1. The largest absolute Gasteiger partial charge is 0.493 e. The number of rotatable bonds is 9. The van der Waals surface area contributed by atoms with Crippen LogP contribution in [0.2, 0.25) is 5.02 Å². The number of H-pyrrole nitrogens is 1. The van der Waals surface area contributed by atoms with Crippen LogP contribution in [0.1, 0.15) is 24.2 Å². The van der Waals surface area contributed by atoms with Gasteiger partial charge in [-0.15, -0.1) is 0 Å². The molecule has 1 aliphatic carbocycles. The number of fused-ring (bicyclic) bond motifs is 1. The minimum atomic E-state index is -0.481. The van der Waals surface area contributed by atoms with E-state index in [4.69, 9.17) is 26.1 Å². The van der Waals surface area contributed by atoms with Crippen molar-refractivity contribution in [2.24, 2.45) is 7.05 Å². The van der Waals surface area contributed by atoms with Crippen molar-refractivity contribution in [1.29, 1.82) is 0 Å². The van der Waals surface area contributed by atoms with Gasteiger partial charge in [-0.2, -0.15) is 10.2 Å².